The van der Waals surface area contributed by atoms with Crippen LogP contribution in [-0.2, 0) is 14.3 Å². The monoisotopic (exact) mass is 296 g/mol. The highest BCUT2D eigenvalue weighted by atomic mass is 32.2. The van der Waals surface area contributed by atoms with Crippen molar-refractivity contribution in [3.05, 3.63) is 29.8 Å². The summed E-state index contributed by atoms with van der Waals surface area (Å²) < 4.78 is 4.63. The quantitative estimate of drug-likeness (QED) is 0.473. The average molecular weight is 296 g/mol. The van der Waals surface area contributed by atoms with Crippen molar-refractivity contribution in [1.29, 1.82) is 0 Å². The van der Waals surface area contributed by atoms with Crippen molar-refractivity contribution in [1.82, 2.24) is 0 Å². The lowest BCUT2D eigenvalue weighted by Crippen LogP contribution is -2.14. The third-order valence-electron chi connectivity index (χ3n) is 2.59. The van der Waals surface area contributed by atoms with E-state index < -0.39 is 5.97 Å². The van der Waals surface area contributed by atoms with Gasteiger partial charge in [-0.2, -0.15) is 0 Å². The third-order valence-corrected chi connectivity index (χ3v) is 3.68. The van der Waals surface area contributed by atoms with E-state index in [0.717, 1.165) is 4.90 Å². The number of ether oxygens (including phenoxy) is 1. The Morgan fingerprint density at radius 3 is 2.30 bits per heavy atom. The lowest BCUT2D eigenvalue weighted by Gasteiger charge is -2.09. The van der Waals surface area contributed by atoms with Crippen molar-refractivity contribution < 1.29 is 24.2 Å². The molecule has 0 amide bonds. The highest BCUT2D eigenvalue weighted by Gasteiger charge is 2.15. The Hall–Kier alpha value is -1.82. The smallest absolute Gasteiger partial charge is 0.318 e. The summed E-state index contributed by atoms with van der Waals surface area (Å²) in [5, 5.41) is 8.20. The second kappa shape index (κ2) is 7.69. The number of ketones is 1. The fourth-order valence-corrected chi connectivity index (χ4v) is 2.40. The number of Topliss-reactive ketones (excluding diaryl/α,β-unsaturated/α-hetero) is 1. The molecule has 0 bridgehead atoms. The van der Waals surface area contributed by atoms with Crippen LogP contribution in [0, 0.1) is 0 Å². The molecule has 0 spiro atoms. The van der Waals surface area contributed by atoms with Crippen LogP contribution in [0.5, 0.6) is 0 Å². The first kappa shape index (κ1) is 16.2. The molecule has 0 saturated carbocycles. The SMILES string of the molecule is COC(=O)C(C)Sc1ccc(C(=O)CCC(=O)O)cc1. The zero-order chi connectivity index (χ0) is 15.1. The summed E-state index contributed by atoms with van der Waals surface area (Å²) in [6, 6.07) is 6.74. The van der Waals surface area contributed by atoms with Gasteiger partial charge in [-0.3, -0.25) is 14.4 Å². The van der Waals surface area contributed by atoms with E-state index in [1.54, 1.807) is 31.2 Å². The molecule has 0 fully saturated rings. The first-order chi connectivity index (χ1) is 9.43. The van der Waals surface area contributed by atoms with Crippen LogP contribution in [0.4, 0.5) is 0 Å². The summed E-state index contributed by atoms with van der Waals surface area (Å²) in [5.74, 6) is -1.50. The van der Waals surface area contributed by atoms with E-state index in [1.807, 2.05) is 0 Å². The largest absolute Gasteiger partial charge is 0.481 e. The Labute approximate surface area is 121 Å². The number of aliphatic carboxylic acids is 1. The Kier molecular flexibility index (Phi) is 6.24. The number of esters is 1. The fourth-order valence-electron chi connectivity index (χ4n) is 1.50. The summed E-state index contributed by atoms with van der Waals surface area (Å²) in [4.78, 5) is 34.2. The molecule has 1 aromatic rings. The first-order valence-electron chi connectivity index (χ1n) is 6.03. The van der Waals surface area contributed by atoms with Gasteiger partial charge in [-0.15, -0.1) is 11.8 Å². The zero-order valence-electron chi connectivity index (χ0n) is 11.3. The number of carboxylic acid groups (broad SMARTS) is 1. The van der Waals surface area contributed by atoms with Gasteiger partial charge in [0.1, 0.15) is 5.25 Å². The molecule has 1 unspecified atom stereocenters. The Balaban J connectivity index is 2.62. The first-order valence-corrected chi connectivity index (χ1v) is 6.91. The molecule has 0 radical (unpaired) electrons. The molecule has 0 saturated heterocycles. The number of carbonyl (C=O) groups excluding carboxylic acids is 2. The lowest BCUT2D eigenvalue weighted by atomic mass is 10.1. The van der Waals surface area contributed by atoms with Gasteiger partial charge in [0, 0.05) is 16.9 Å². The minimum atomic E-state index is -0.988. The second-order valence-corrected chi connectivity index (χ2v) is 5.54. The molecule has 1 atom stereocenters. The second-order valence-electron chi connectivity index (χ2n) is 4.12. The standard InChI is InChI=1S/C14H16O5S/c1-9(14(18)19-2)20-11-5-3-10(4-6-11)12(15)7-8-13(16)17/h3-6,9H,7-8H2,1-2H3,(H,16,17). The molecule has 0 aliphatic heterocycles. The van der Waals surface area contributed by atoms with Crippen LogP contribution in [0.2, 0.25) is 0 Å². The van der Waals surface area contributed by atoms with Crippen molar-refractivity contribution in [2.45, 2.75) is 29.9 Å². The number of thioether (sulfide) groups is 1. The summed E-state index contributed by atoms with van der Waals surface area (Å²) in [5.41, 5.74) is 0.473. The van der Waals surface area contributed by atoms with Gasteiger partial charge in [0.15, 0.2) is 5.78 Å². The molecule has 0 aliphatic carbocycles. The number of hydrogen-bond acceptors (Lipinski definition) is 5. The summed E-state index contributed by atoms with van der Waals surface area (Å²) in [6.07, 6.45) is -0.185. The zero-order valence-corrected chi connectivity index (χ0v) is 12.1. The van der Waals surface area contributed by atoms with Crippen molar-refractivity contribution >= 4 is 29.5 Å². The Morgan fingerprint density at radius 1 is 1.20 bits per heavy atom. The number of carboxylic acids is 1. The molecule has 1 N–H and O–H groups in total. The van der Waals surface area contributed by atoms with Crippen molar-refractivity contribution in [3.8, 4) is 0 Å². The molecule has 1 rings (SSSR count). The van der Waals surface area contributed by atoms with E-state index in [4.69, 9.17) is 5.11 Å². The summed E-state index contributed by atoms with van der Waals surface area (Å²) >= 11 is 1.33. The predicted octanol–water partition coefficient (Wildman–Crippen LogP) is 2.39. The average Bonchev–Trinajstić information content (AvgIpc) is 2.44. The lowest BCUT2D eigenvalue weighted by molar-refractivity contribution is -0.139. The van der Waals surface area contributed by atoms with Crippen molar-refractivity contribution in [3.63, 3.8) is 0 Å². The number of methoxy groups -OCH3 is 1. The molecule has 1 aromatic carbocycles. The van der Waals surface area contributed by atoms with Crippen LogP contribution in [0.3, 0.4) is 0 Å². The van der Waals surface area contributed by atoms with Gasteiger partial charge in [0.2, 0.25) is 0 Å². The van der Waals surface area contributed by atoms with Crippen LogP contribution in [-0.4, -0.2) is 35.2 Å². The third kappa shape index (κ3) is 5.05. The van der Waals surface area contributed by atoms with E-state index >= 15 is 0 Å². The molecule has 6 heteroatoms. The van der Waals surface area contributed by atoms with Crippen molar-refractivity contribution in [2.24, 2.45) is 0 Å². The van der Waals surface area contributed by atoms with Gasteiger partial charge in [-0.25, -0.2) is 0 Å². The Bertz CT molecular complexity index is 495. The molecule has 5 nitrogen and oxygen atoms in total. The van der Waals surface area contributed by atoms with Gasteiger partial charge in [0.05, 0.1) is 13.5 Å². The maximum Gasteiger partial charge on any atom is 0.318 e. The molecular formula is C14H16O5S. The van der Waals surface area contributed by atoms with Gasteiger partial charge < -0.3 is 9.84 Å². The molecule has 108 valence electrons. The van der Waals surface area contributed by atoms with E-state index in [-0.39, 0.29) is 29.8 Å². The van der Waals surface area contributed by atoms with Crippen LogP contribution in [0.25, 0.3) is 0 Å². The minimum Gasteiger partial charge on any atom is -0.481 e. The number of carbonyl (C=O) groups is 3. The molecule has 0 heterocycles. The highest BCUT2D eigenvalue weighted by molar-refractivity contribution is 8.00. The van der Waals surface area contributed by atoms with Crippen LogP contribution in [0.15, 0.2) is 29.2 Å². The molecular weight excluding hydrogens is 280 g/mol. The van der Waals surface area contributed by atoms with E-state index in [9.17, 15) is 14.4 Å². The number of benzene rings is 1. The topological polar surface area (TPSA) is 80.7 Å². The van der Waals surface area contributed by atoms with Crippen LogP contribution >= 0.6 is 11.8 Å². The number of hydrogen-bond donors (Lipinski definition) is 1. The number of rotatable bonds is 7. The van der Waals surface area contributed by atoms with E-state index in [2.05, 4.69) is 4.74 Å². The molecule has 0 aromatic heterocycles. The highest BCUT2D eigenvalue weighted by Crippen LogP contribution is 2.24. The van der Waals surface area contributed by atoms with Gasteiger partial charge in [-0.1, -0.05) is 12.1 Å². The van der Waals surface area contributed by atoms with E-state index in [1.165, 1.54) is 18.9 Å². The molecule has 0 aliphatic rings. The van der Waals surface area contributed by atoms with Gasteiger partial charge in [-0.05, 0) is 19.1 Å². The molecule has 20 heavy (non-hydrogen) atoms. The van der Waals surface area contributed by atoms with Gasteiger partial charge in [0.25, 0.3) is 0 Å². The fraction of sp³-hybridized carbons (Fsp3) is 0.357. The normalized spacial score (nSPS) is 11.7. The predicted molar refractivity (Wildman–Crippen MR) is 75.0 cm³/mol. The van der Waals surface area contributed by atoms with Gasteiger partial charge >= 0.3 is 11.9 Å². The maximum absolute atomic E-state index is 11.7. The summed E-state index contributed by atoms with van der Waals surface area (Å²) in [7, 11) is 1.34. The maximum atomic E-state index is 11.7. The van der Waals surface area contributed by atoms with Crippen LogP contribution < -0.4 is 0 Å². The Morgan fingerprint density at radius 2 is 1.80 bits per heavy atom. The summed E-state index contributed by atoms with van der Waals surface area (Å²) in [6.45, 7) is 1.74. The van der Waals surface area contributed by atoms with Crippen LogP contribution in [0.1, 0.15) is 30.1 Å². The minimum absolute atomic E-state index is 0.0135. The van der Waals surface area contributed by atoms with E-state index in [0.29, 0.717) is 5.56 Å². The van der Waals surface area contributed by atoms with Crippen molar-refractivity contribution in [2.75, 3.05) is 7.11 Å².